The Hall–Kier alpha value is -0.830. The SMILES string of the molecule is CCCCCCCCCCn1ccnc1CN. The summed E-state index contributed by atoms with van der Waals surface area (Å²) in [7, 11) is 0. The monoisotopic (exact) mass is 237 g/mol. The summed E-state index contributed by atoms with van der Waals surface area (Å²) in [5.74, 6) is 1.01. The summed E-state index contributed by atoms with van der Waals surface area (Å²) in [6.07, 6.45) is 14.8. The van der Waals surface area contributed by atoms with Crippen molar-refractivity contribution >= 4 is 0 Å². The van der Waals surface area contributed by atoms with Crippen LogP contribution in [-0.2, 0) is 13.1 Å². The molecule has 0 saturated carbocycles. The van der Waals surface area contributed by atoms with Crippen molar-refractivity contribution < 1.29 is 0 Å². The molecule has 0 aliphatic carbocycles. The number of aryl methyl sites for hydroxylation is 1. The predicted molar refractivity (Wildman–Crippen MR) is 72.7 cm³/mol. The molecule has 0 spiro atoms. The Labute approximate surface area is 105 Å². The number of unbranched alkanes of at least 4 members (excludes halogenated alkanes) is 7. The highest BCUT2D eigenvalue weighted by Crippen LogP contribution is 2.09. The first-order valence-corrected chi connectivity index (χ1v) is 7.08. The van der Waals surface area contributed by atoms with Crippen LogP contribution in [-0.4, -0.2) is 9.55 Å². The maximum Gasteiger partial charge on any atom is 0.122 e. The molecule has 3 nitrogen and oxygen atoms in total. The van der Waals surface area contributed by atoms with Crippen molar-refractivity contribution in [2.45, 2.75) is 71.4 Å². The van der Waals surface area contributed by atoms with Gasteiger partial charge in [0.1, 0.15) is 5.82 Å². The highest BCUT2D eigenvalue weighted by atomic mass is 15.1. The van der Waals surface area contributed by atoms with Crippen LogP contribution in [0.3, 0.4) is 0 Å². The van der Waals surface area contributed by atoms with Crippen molar-refractivity contribution in [2.24, 2.45) is 5.73 Å². The van der Waals surface area contributed by atoms with Gasteiger partial charge in [-0.2, -0.15) is 0 Å². The Morgan fingerprint density at radius 3 is 2.35 bits per heavy atom. The number of imidazole rings is 1. The van der Waals surface area contributed by atoms with Gasteiger partial charge < -0.3 is 10.3 Å². The molecule has 98 valence electrons. The van der Waals surface area contributed by atoms with E-state index in [0.717, 1.165) is 12.4 Å². The molecule has 0 aromatic carbocycles. The quantitative estimate of drug-likeness (QED) is 0.633. The Bertz CT molecular complexity index is 281. The minimum absolute atomic E-state index is 0.546. The van der Waals surface area contributed by atoms with Gasteiger partial charge in [0.15, 0.2) is 0 Å². The topological polar surface area (TPSA) is 43.8 Å². The lowest BCUT2D eigenvalue weighted by molar-refractivity contribution is 0.535. The lowest BCUT2D eigenvalue weighted by Gasteiger charge is -2.06. The summed E-state index contributed by atoms with van der Waals surface area (Å²) in [4.78, 5) is 4.22. The number of hydrogen-bond acceptors (Lipinski definition) is 2. The first kappa shape index (κ1) is 14.2. The molecule has 2 N–H and O–H groups in total. The van der Waals surface area contributed by atoms with Gasteiger partial charge in [0, 0.05) is 18.9 Å². The predicted octanol–water partition coefficient (Wildman–Crippen LogP) is 3.48. The average Bonchev–Trinajstić information content (AvgIpc) is 2.80. The van der Waals surface area contributed by atoms with Gasteiger partial charge in [-0.1, -0.05) is 51.9 Å². The molecule has 1 aromatic heterocycles. The zero-order valence-electron chi connectivity index (χ0n) is 11.2. The van der Waals surface area contributed by atoms with Crippen LogP contribution in [0.5, 0.6) is 0 Å². The first-order valence-electron chi connectivity index (χ1n) is 7.08. The van der Waals surface area contributed by atoms with Gasteiger partial charge >= 0.3 is 0 Å². The van der Waals surface area contributed by atoms with Crippen molar-refractivity contribution in [1.82, 2.24) is 9.55 Å². The molecular formula is C14H27N3. The van der Waals surface area contributed by atoms with E-state index in [1.807, 2.05) is 12.4 Å². The standard InChI is InChI=1S/C14H27N3/c1-2-3-4-5-6-7-8-9-11-17-12-10-16-14(17)13-15/h10,12H,2-9,11,13,15H2,1H3. The molecule has 0 atom stereocenters. The lowest BCUT2D eigenvalue weighted by atomic mass is 10.1. The third-order valence-electron chi connectivity index (χ3n) is 3.24. The van der Waals surface area contributed by atoms with Crippen LogP contribution < -0.4 is 5.73 Å². The third-order valence-corrected chi connectivity index (χ3v) is 3.24. The Morgan fingerprint density at radius 2 is 1.71 bits per heavy atom. The summed E-state index contributed by atoms with van der Waals surface area (Å²) in [6, 6.07) is 0. The highest BCUT2D eigenvalue weighted by molar-refractivity contribution is 4.90. The summed E-state index contributed by atoms with van der Waals surface area (Å²) in [5.41, 5.74) is 5.61. The zero-order valence-corrected chi connectivity index (χ0v) is 11.2. The van der Waals surface area contributed by atoms with E-state index in [9.17, 15) is 0 Å². The fraction of sp³-hybridized carbons (Fsp3) is 0.786. The summed E-state index contributed by atoms with van der Waals surface area (Å²) in [6.45, 7) is 3.88. The van der Waals surface area contributed by atoms with E-state index < -0.39 is 0 Å². The summed E-state index contributed by atoms with van der Waals surface area (Å²) in [5, 5.41) is 0. The molecule has 3 heteroatoms. The number of aromatic nitrogens is 2. The van der Waals surface area contributed by atoms with Crippen molar-refractivity contribution in [3.05, 3.63) is 18.2 Å². The molecule has 0 saturated heterocycles. The molecule has 1 heterocycles. The summed E-state index contributed by atoms with van der Waals surface area (Å²) >= 11 is 0. The molecule has 0 unspecified atom stereocenters. The fourth-order valence-electron chi connectivity index (χ4n) is 2.15. The summed E-state index contributed by atoms with van der Waals surface area (Å²) < 4.78 is 2.18. The molecule has 0 radical (unpaired) electrons. The second kappa shape index (κ2) is 9.23. The second-order valence-electron chi connectivity index (χ2n) is 4.72. The Balaban J connectivity index is 1.97. The van der Waals surface area contributed by atoms with Crippen LogP contribution in [0.4, 0.5) is 0 Å². The van der Waals surface area contributed by atoms with E-state index in [0.29, 0.717) is 6.54 Å². The van der Waals surface area contributed by atoms with Gasteiger partial charge in [-0.15, -0.1) is 0 Å². The largest absolute Gasteiger partial charge is 0.334 e. The molecular weight excluding hydrogens is 210 g/mol. The van der Waals surface area contributed by atoms with E-state index in [2.05, 4.69) is 16.5 Å². The molecule has 1 aromatic rings. The van der Waals surface area contributed by atoms with Crippen LogP contribution in [0, 0.1) is 0 Å². The van der Waals surface area contributed by atoms with Gasteiger partial charge in [0.05, 0.1) is 6.54 Å². The molecule has 0 bridgehead atoms. The van der Waals surface area contributed by atoms with E-state index >= 15 is 0 Å². The number of hydrogen-bond donors (Lipinski definition) is 1. The minimum Gasteiger partial charge on any atom is -0.334 e. The van der Waals surface area contributed by atoms with Gasteiger partial charge in [-0.3, -0.25) is 0 Å². The van der Waals surface area contributed by atoms with Crippen molar-refractivity contribution in [3.63, 3.8) is 0 Å². The fourth-order valence-corrected chi connectivity index (χ4v) is 2.15. The number of nitrogens with zero attached hydrogens (tertiary/aromatic N) is 2. The van der Waals surface area contributed by atoms with Crippen molar-refractivity contribution in [2.75, 3.05) is 0 Å². The van der Waals surface area contributed by atoms with Crippen LogP contribution in [0.15, 0.2) is 12.4 Å². The third kappa shape index (κ3) is 5.87. The second-order valence-corrected chi connectivity index (χ2v) is 4.72. The average molecular weight is 237 g/mol. The maximum atomic E-state index is 5.61. The number of nitrogens with two attached hydrogens (primary N) is 1. The van der Waals surface area contributed by atoms with Gasteiger partial charge in [-0.25, -0.2) is 4.98 Å². The molecule has 0 aliphatic heterocycles. The zero-order chi connectivity index (χ0) is 12.3. The molecule has 0 fully saturated rings. The van der Waals surface area contributed by atoms with Gasteiger partial charge in [0.2, 0.25) is 0 Å². The lowest BCUT2D eigenvalue weighted by Crippen LogP contribution is -2.08. The Morgan fingerprint density at radius 1 is 1.06 bits per heavy atom. The smallest absolute Gasteiger partial charge is 0.122 e. The van der Waals surface area contributed by atoms with Gasteiger partial charge in [0.25, 0.3) is 0 Å². The van der Waals surface area contributed by atoms with Crippen molar-refractivity contribution in [1.29, 1.82) is 0 Å². The first-order chi connectivity index (χ1) is 8.38. The van der Waals surface area contributed by atoms with E-state index in [-0.39, 0.29) is 0 Å². The number of rotatable bonds is 10. The van der Waals surface area contributed by atoms with E-state index in [4.69, 9.17) is 5.73 Å². The van der Waals surface area contributed by atoms with Gasteiger partial charge in [-0.05, 0) is 6.42 Å². The maximum absolute atomic E-state index is 5.61. The molecule has 1 rings (SSSR count). The Kier molecular flexibility index (Phi) is 7.72. The minimum atomic E-state index is 0.546. The highest BCUT2D eigenvalue weighted by Gasteiger charge is 1.99. The van der Waals surface area contributed by atoms with Crippen LogP contribution >= 0.6 is 0 Å². The molecule has 17 heavy (non-hydrogen) atoms. The van der Waals surface area contributed by atoms with Crippen LogP contribution in [0.25, 0.3) is 0 Å². The van der Waals surface area contributed by atoms with Crippen LogP contribution in [0.2, 0.25) is 0 Å². The normalized spacial score (nSPS) is 10.9. The van der Waals surface area contributed by atoms with Crippen LogP contribution in [0.1, 0.15) is 64.1 Å². The van der Waals surface area contributed by atoms with E-state index in [1.165, 1.54) is 51.4 Å². The van der Waals surface area contributed by atoms with Crippen molar-refractivity contribution in [3.8, 4) is 0 Å². The molecule has 0 aliphatic rings. The van der Waals surface area contributed by atoms with E-state index in [1.54, 1.807) is 0 Å². The molecule has 0 amide bonds.